The largest absolute Gasteiger partial charge is 0.308 e. The van der Waals surface area contributed by atoms with Gasteiger partial charge >= 0.3 is 0 Å². The molecular weight excluding hydrogens is 257 g/mol. The third-order valence-electron chi connectivity index (χ3n) is 3.05. The Labute approximate surface area is 121 Å². The molecule has 0 bridgehead atoms. The zero-order valence-corrected chi connectivity index (χ0v) is 13.5. The van der Waals surface area contributed by atoms with Crippen LogP contribution in [0.25, 0.3) is 0 Å². The lowest BCUT2D eigenvalue weighted by Gasteiger charge is -2.22. The van der Waals surface area contributed by atoms with E-state index in [1.165, 1.54) is 11.3 Å². The quantitative estimate of drug-likeness (QED) is 0.749. The average molecular weight is 283 g/mol. The van der Waals surface area contributed by atoms with Crippen LogP contribution in [0.3, 0.4) is 0 Å². The summed E-state index contributed by atoms with van der Waals surface area (Å²) in [6, 6.07) is 5.11. The maximum Gasteiger partial charge on any atom is 0.123 e. The summed E-state index contributed by atoms with van der Waals surface area (Å²) >= 11 is 1.83. The van der Waals surface area contributed by atoms with Gasteiger partial charge in [0.15, 0.2) is 0 Å². The Balaban J connectivity index is 2.74. The first-order valence-corrected chi connectivity index (χ1v) is 7.96. The van der Waals surface area contributed by atoms with E-state index in [1.54, 1.807) is 12.1 Å². The fourth-order valence-corrected chi connectivity index (χ4v) is 2.72. The first-order chi connectivity index (χ1) is 8.81. The monoisotopic (exact) mass is 283 g/mol. The van der Waals surface area contributed by atoms with Crippen molar-refractivity contribution in [1.82, 2.24) is 5.32 Å². The summed E-state index contributed by atoms with van der Waals surface area (Å²) in [5.41, 5.74) is 1.11. The molecule has 3 heteroatoms. The van der Waals surface area contributed by atoms with Crippen LogP contribution in [0.15, 0.2) is 23.1 Å². The molecule has 1 unspecified atom stereocenters. The highest BCUT2D eigenvalue weighted by Crippen LogP contribution is 2.26. The number of hydrogen-bond acceptors (Lipinski definition) is 2. The molecule has 108 valence electrons. The van der Waals surface area contributed by atoms with Gasteiger partial charge < -0.3 is 5.32 Å². The van der Waals surface area contributed by atoms with E-state index in [-0.39, 0.29) is 11.4 Å². The van der Waals surface area contributed by atoms with Crippen LogP contribution in [0, 0.1) is 11.7 Å². The summed E-state index contributed by atoms with van der Waals surface area (Å²) in [4.78, 5) is 1.19. The molecule has 0 aliphatic rings. The minimum atomic E-state index is -0.154. The number of halogens is 1. The molecule has 1 nitrogen and oxygen atoms in total. The van der Waals surface area contributed by atoms with E-state index in [4.69, 9.17) is 0 Å². The average Bonchev–Trinajstić information content (AvgIpc) is 2.33. The topological polar surface area (TPSA) is 12.0 Å². The van der Waals surface area contributed by atoms with Crippen molar-refractivity contribution >= 4 is 11.8 Å². The Morgan fingerprint density at radius 1 is 1.32 bits per heavy atom. The molecule has 0 aromatic heterocycles. The van der Waals surface area contributed by atoms with Crippen LogP contribution in [0.5, 0.6) is 0 Å². The van der Waals surface area contributed by atoms with E-state index < -0.39 is 0 Å². The Kier molecular flexibility index (Phi) is 6.34. The van der Waals surface area contributed by atoms with Gasteiger partial charge in [0.05, 0.1) is 0 Å². The van der Waals surface area contributed by atoms with E-state index in [0.717, 1.165) is 11.3 Å². The van der Waals surface area contributed by atoms with Crippen molar-refractivity contribution in [2.45, 2.75) is 58.0 Å². The van der Waals surface area contributed by atoms with Gasteiger partial charge in [-0.2, -0.15) is 0 Å². The fraction of sp³-hybridized carbons (Fsp3) is 0.625. The van der Waals surface area contributed by atoms with Crippen molar-refractivity contribution in [3.05, 3.63) is 29.6 Å². The SMILES string of the molecule is CCC(C)CSc1ccc(F)cc1CNC(C)(C)C. The molecule has 0 aliphatic heterocycles. The maximum absolute atomic E-state index is 13.4. The predicted octanol–water partition coefficient (Wildman–Crippen LogP) is 4.85. The third kappa shape index (κ3) is 6.44. The van der Waals surface area contributed by atoms with E-state index in [9.17, 15) is 4.39 Å². The van der Waals surface area contributed by atoms with Crippen molar-refractivity contribution in [2.75, 3.05) is 5.75 Å². The maximum atomic E-state index is 13.4. The van der Waals surface area contributed by atoms with Crippen molar-refractivity contribution < 1.29 is 4.39 Å². The number of nitrogens with one attached hydrogen (secondary N) is 1. The lowest BCUT2D eigenvalue weighted by molar-refractivity contribution is 0.422. The van der Waals surface area contributed by atoms with Gasteiger partial charge in [0, 0.05) is 22.7 Å². The summed E-state index contributed by atoms with van der Waals surface area (Å²) in [6.45, 7) is 11.5. The number of hydrogen-bond donors (Lipinski definition) is 1. The molecular formula is C16H26FNS. The number of rotatable bonds is 6. The minimum Gasteiger partial charge on any atom is -0.308 e. The molecule has 1 aromatic carbocycles. The van der Waals surface area contributed by atoms with E-state index >= 15 is 0 Å². The molecule has 1 aromatic rings. The normalized spacial score (nSPS) is 13.6. The van der Waals surface area contributed by atoms with Crippen LogP contribution in [-0.4, -0.2) is 11.3 Å². The van der Waals surface area contributed by atoms with Gasteiger partial charge in [-0.1, -0.05) is 20.3 Å². The second-order valence-electron chi connectivity index (χ2n) is 6.18. The van der Waals surface area contributed by atoms with Gasteiger partial charge in [-0.15, -0.1) is 11.8 Å². The van der Waals surface area contributed by atoms with Crippen molar-refractivity contribution in [1.29, 1.82) is 0 Å². The molecule has 0 spiro atoms. The third-order valence-corrected chi connectivity index (χ3v) is 4.50. The van der Waals surface area contributed by atoms with Gasteiger partial charge in [0.1, 0.15) is 5.82 Å². The molecule has 1 atom stereocenters. The van der Waals surface area contributed by atoms with Crippen LogP contribution in [0.4, 0.5) is 4.39 Å². The molecule has 0 saturated heterocycles. The van der Waals surface area contributed by atoms with Gasteiger partial charge in [-0.25, -0.2) is 4.39 Å². The van der Waals surface area contributed by atoms with Gasteiger partial charge in [-0.3, -0.25) is 0 Å². The summed E-state index contributed by atoms with van der Waals surface area (Å²) in [6.07, 6.45) is 1.18. The predicted molar refractivity (Wildman–Crippen MR) is 83.2 cm³/mol. The second-order valence-corrected chi connectivity index (χ2v) is 7.24. The molecule has 1 N–H and O–H groups in total. The lowest BCUT2D eigenvalue weighted by Crippen LogP contribution is -2.35. The molecule has 0 fully saturated rings. The zero-order chi connectivity index (χ0) is 14.5. The first kappa shape index (κ1) is 16.5. The highest BCUT2D eigenvalue weighted by atomic mass is 32.2. The molecule has 0 radical (unpaired) electrons. The summed E-state index contributed by atoms with van der Waals surface area (Å²) in [7, 11) is 0. The second kappa shape index (κ2) is 7.30. The Hall–Kier alpha value is -0.540. The molecule has 0 amide bonds. The molecule has 0 heterocycles. The van der Waals surface area contributed by atoms with Gasteiger partial charge in [0.2, 0.25) is 0 Å². The summed E-state index contributed by atoms with van der Waals surface area (Å²) < 4.78 is 13.4. The van der Waals surface area contributed by atoms with E-state index in [1.807, 2.05) is 17.8 Å². The highest BCUT2D eigenvalue weighted by Gasteiger charge is 2.12. The lowest BCUT2D eigenvalue weighted by atomic mass is 10.1. The fourth-order valence-electron chi connectivity index (χ4n) is 1.54. The van der Waals surface area contributed by atoms with Crippen LogP contribution in [0.1, 0.15) is 46.6 Å². The highest BCUT2D eigenvalue weighted by molar-refractivity contribution is 7.99. The summed E-state index contributed by atoms with van der Waals surface area (Å²) in [5, 5.41) is 3.43. The molecule has 19 heavy (non-hydrogen) atoms. The van der Waals surface area contributed by atoms with Crippen molar-refractivity contribution in [2.24, 2.45) is 5.92 Å². The Morgan fingerprint density at radius 3 is 2.58 bits per heavy atom. The smallest absolute Gasteiger partial charge is 0.123 e. The molecule has 0 aliphatic carbocycles. The number of thioether (sulfide) groups is 1. The standard InChI is InChI=1S/C16H26FNS/c1-6-12(2)11-19-15-8-7-14(17)9-13(15)10-18-16(3,4)5/h7-9,12,18H,6,10-11H2,1-5H3. The first-order valence-electron chi connectivity index (χ1n) is 6.98. The zero-order valence-electron chi connectivity index (χ0n) is 12.7. The summed E-state index contributed by atoms with van der Waals surface area (Å²) in [5.74, 6) is 1.63. The van der Waals surface area contributed by atoms with E-state index in [0.29, 0.717) is 12.5 Å². The number of benzene rings is 1. The van der Waals surface area contributed by atoms with Crippen LogP contribution < -0.4 is 5.32 Å². The Morgan fingerprint density at radius 2 is 2.00 bits per heavy atom. The van der Waals surface area contributed by atoms with Gasteiger partial charge in [-0.05, 0) is 50.5 Å². The van der Waals surface area contributed by atoms with Crippen LogP contribution in [0.2, 0.25) is 0 Å². The van der Waals surface area contributed by atoms with Gasteiger partial charge in [0.25, 0.3) is 0 Å². The molecule has 0 saturated carbocycles. The van der Waals surface area contributed by atoms with E-state index in [2.05, 4.69) is 39.9 Å². The Bertz CT molecular complexity index is 398. The van der Waals surface area contributed by atoms with Crippen molar-refractivity contribution in [3.63, 3.8) is 0 Å². The van der Waals surface area contributed by atoms with Crippen molar-refractivity contribution in [3.8, 4) is 0 Å². The minimum absolute atomic E-state index is 0.0466. The van der Waals surface area contributed by atoms with Crippen LogP contribution >= 0.6 is 11.8 Å². The van der Waals surface area contributed by atoms with Crippen LogP contribution in [-0.2, 0) is 6.54 Å². The molecule has 1 rings (SSSR count).